The molecule has 2 aromatic carbocycles. The number of nitrogens with zero attached hydrogens (tertiary/aromatic N) is 2. The number of rotatable bonds is 22. The summed E-state index contributed by atoms with van der Waals surface area (Å²) >= 11 is 0. The van der Waals surface area contributed by atoms with Crippen molar-refractivity contribution in [3.63, 3.8) is 0 Å². The number of ether oxygens (including phenoxy) is 4. The standard InChI is InChI=1S/C35H47F3N2O4/c1-3-4-5-6-7-8-9-12-24-43-32-26-39-34(40-27-32)29-17-21-31(22-18-29)42-23-13-10-11-14-25-44-33(35(36,37)38)28-15-19-30(41-2)20-16-28/h15-22,26-27,33H,3-14,23-25H2,1-2H3. The summed E-state index contributed by atoms with van der Waals surface area (Å²) in [7, 11) is 1.47. The number of halogens is 3. The lowest BCUT2D eigenvalue weighted by Gasteiger charge is -2.21. The molecule has 0 aliphatic heterocycles. The highest BCUT2D eigenvalue weighted by Gasteiger charge is 2.41. The second-order valence-corrected chi connectivity index (χ2v) is 10.9. The van der Waals surface area contributed by atoms with Gasteiger partial charge in [0, 0.05) is 12.2 Å². The Morgan fingerprint density at radius 2 is 1.11 bits per heavy atom. The number of benzene rings is 2. The Morgan fingerprint density at radius 1 is 0.614 bits per heavy atom. The maximum absolute atomic E-state index is 13.5. The Hall–Kier alpha value is -3.33. The average Bonchev–Trinajstić information content (AvgIpc) is 3.03. The zero-order chi connectivity index (χ0) is 31.5. The zero-order valence-corrected chi connectivity index (χ0v) is 26.1. The van der Waals surface area contributed by atoms with Crippen LogP contribution in [-0.2, 0) is 4.74 Å². The van der Waals surface area contributed by atoms with Gasteiger partial charge >= 0.3 is 6.18 Å². The number of aromatic nitrogens is 2. The molecule has 0 saturated heterocycles. The van der Waals surface area contributed by atoms with Gasteiger partial charge in [-0.15, -0.1) is 0 Å². The normalized spacial score (nSPS) is 12.2. The largest absolute Gasteiger partial charge is 0.497 e. The highest BCUT2D eigenvalue weighted by molar-refractivity contribution is 5.56. The summed E-state index contributed by atoms with van der Waals surface area (Å²) in [5, 5.41) is 0. The third kappa shape index (κ3) is 13.1. The van der Waals surface area contributed by atoms with Crippen LogP contribution in [0.2, 0.25) is 0 Å². The summed E-state index contributed by atoms with van der Waals surface area (Å²) in [5.74, 6) is 2.55. The van der Waals surface area contributed by atoms with E-state index < -0.39 is 12.3 Å². The van der Waals surface area contributed by atoms with Crippen LogP contribution < -0.4 is 14.2 Å². The number of unbranched alkanes of at least 4 members (excludes halogenated alkanes) is 10. The molecule has 1 atom stereocenters. The first kappa shape index (κ1) is 35.2. The van der Waals surface area contributed by atoms with Gasteiger partial charge in [0.25, 0.3) is 0 Å². The van der Waals surface area contributed by atoms with E-state index in [9.17, 15) is 13.2 Å². The minimum absolute atomic E-state index is 0.0347. The van der Waals surface area contributed by atoms with E-state index in [0.29, 0.717) is 37.0 Å². The molecule has 9 heteroatoms. The van der Waals surface area contributed by atoms with Crippen LogP contribution in [0.3, 0.4) is 0 Å². The maximum Gasteiger partial charge on any atom is 0.418 e. The summed E-state index contributed by atoms with van der Waals surface area (Å²) in [6, 6.07) is 13.4. The average molecular weight is 617 g/mol. The van der Waals surface area contributed by atoms with Gasteiger partial charge in [-0.05, 0) is 67.6 Å². The highest BCUT2D eigenvalue weighted by Crippen LogP contribution is 2.36. The van der Waals surface area contributed by atoms with Gasteiger partial charge in [0.05, 0.1) is 32.7 Å². The molecule has 3 rings (SSSR count). The Balaban J connectivity index is 1.27. The fourth-order valence-corrected chi connectivity index (χ4v) is 4.77. The first-order valence-electron chi connectivity index (χ1n) is 15.9. The van der Waals surface area contributed by atoms with Gasteiger partial charge in [-0.25, -0.2) is 9.97 Å². The minimum Gasteiger partial charge on any atom is -0.497 e. The van der Waals surface area contributed by atoms with E-state index in [0.717, 1.165) is 37.0 Å². The van der Waals surface area contributed by atoms with Gasteiger partial charge < -0.3 is 18.9 Å². The Morgan fingerprint density at radius 3 is 1.66 bits per heavy atom. The molecule has 3 aromatic rings. The van der Waals surface area contributed by atoms with Gasteiger partial charge in [-0.2, -0.15) is 13.2 Å². The monoisotopic (exact) mass is 616 g/mol. The van der Waals surface area contributed by atoms with Gasteiger partial charge in [-0.3, -0.25) is 0 Å². The van der Waals surface area contributed by atoms with Crippen molar-refractivity contribution >= 4 is 0 Å². The predicted octanol–water partition coefficient (Wildman–Crippen LogP) is 9.93. The second kappa shape index (κ2) is 19.8. The minimum atomic E-state index is -4.48. The third-order valence-electron chi connectivity index (χ3n) is 7.32. The van der Waals surface area contributed by atoms with Crippen molar-refractivity contribution in [2.45, 2.75) is 96.3 Å². The molecule has 0 N–H and O–H groups in total. The molecule has 242 valence electrons. The van der Waals surface area contributed by atoms with E-state index in [1.165, 1.54) is 76.3 Å². The first-order chi connectivity index (χ1) is 21.4. The predicted molar refractivity (Wildman–Crippen MR) is 167 cm³/mol. The molecular weight excluding hydrogens is 569 g/mol. The SMILES string of the molecule is CCCCCCCCCCOc1cnc(-c2ccc(OCCCCCCOC(c3ccc(OC)cc3)C(F)(F)F)cc2)nc1. The van der Waals surface area contributed by atoms with Crippen LogP contribution in [0.4, 0.5) is 13.2 Å². The molecule has 1 aromatic heterocycles. The van der Waals surface area contributed by atoms with Crippen molar-refractivity contribution in [3.05, 3.63) is 66.5 Å². The van der Waals surface area contributed by atoms with Crippen molar-refractivity contribution in [2.75, 3.05) is 26.9 Å². The summed E-state index contributed by atoms with van der Waals surface area (Å²) in [6.07, 6.45) is 10.0. The van der Waals surface area contributed by atoms with Crippen molar-refractivity contribution in [2.24, 2.45) is 0 Å². The highest BCUT2D eigenvalue weighted by atomic mass is 19.4. The zero-order valence-electron chi connectivity index (χ0n) is 26.1. The molecule has 0 aliphatic rings. The molecule has 0 bridgehead atoms. The van der Waals surface area contributed by atoms with E-state index in [1.807, 2.05) is 24.3 Å². The van der Waals surface area contributed by atoms with Crippen LogP contribution in [0, 0.1) is 0 Å². The Labute approximate surface area is 260 Å². The Kier molecular flexibility index (Phi) is 15.9. The first-order valence-corrected chi connectivity index (χ1v) is 15.9. The van der Waals surface area contributed by atoms with Crippen LogP contribution >= 0.6 is 0 Å². The summed E-state index contributed by atoms with van der Waals surface area (Å²) in [4.78, 5) is 8.88. The number of alkyl halides is 3. The molecule has 1 heterocycles. The number of hydrogen-bond donors (Lipinski definition) is 0. The molecule has 44 heavy (non-hydrogen) atoms. The van der Waals surface area contributed by atoms with Crippen LogP contribution in [0.25, 0.3) is 11.4 Å². The quantitative estimate of drug-likeness (QED) is 0.105. The smallest absolute Gasteiger partial charge is 0.418 e. The van der Waals surface area contributed by atoms with Crippen LogP contribution in [-0.4, -0.2) is 43.1 Å². The molecule has 0 spiro atoms. The molecule has 0 aliphatic carbocycles. The van der Waals surface area contributed by atoms with Crippen molar-refractivity contribution in [3.8, 4) is 28.6 Å². The maximum atomic E-state index is 13.5. The van der Waals surface area contributed by atoms with Gasteiger partial charge in [0.1, 0.15) is 11.5 Å². The lowest BCUT2D eigenvalue weighted by Crippen LogP contribution is -2.24. The summed E-state index contributed by atoms with van der Waals surface area (Å²) in [6.45, 7) is 3.48. The van der Waals surface area contributed by atoms with E-state index in [1.54, 1.807) is 12.4 Å². The summed E-state index contributed by atoms with van der Waals surface area (Å²) < 4.78 is 62.3. The number of methoxy groups -OCH3 is 1. The lowest BCUT2D eigenvalue weighted by atomic mass is 10.1. The van der Waals surface area contributed by atoms with Crippen molar-refractivity contribution in [1.82, 2.24) is 9.97 Å². The molecule has 6 nitrogen and oxygen atoms in total. The fraction of sp³-hybridized carbons (Fsp3) is 0.543. The molecular formula is C35H47F3N2O4. The van der Waals surface area contributed by atoms with Gasteiger partial charge in [0.2, 0.25) is 0 Å². The molecule has 1 unspecified atom stereocenters. The fourth-order valence-electron chi connectivity index (χ4n) is 4.77. The van der Waals surface area contributed by atoms with E-state index in [4.69, 9.17) is 18.9 Å². The van der Waals surface area contributed by atoms with Crippen LogP contribution in [0.15, 0.2) is 60.9 Å². The van der Waals surface area contributed by atoms with Crippen molar-refractivity contribution < 1.29 is 32.1 Å². The summed E-state index contributed by atoms with van der Waals surface area (Å²) in [5.41, 5.74) is 0.957. The Bertz CT molecular complexity index is 1160. The third-order valence-corrected chi connectivity index (χ3v) is 7.32. The van der Waals surface area contributed by atoms with Crippen LogP contribution in [0.5, 0.6) is 17.2 Å². The van der Waals surface area contributed by atoms with Gasteiger partial charge in [0.15, 0.2) is 17.7 Å². The number of hydrogen-bond acceptors (Lipinski definition) is 6. The topological polar surface area (TPSA) is 62.7 Å². The lowest BCUT2D eigenvalue weighted by molar-refractivity contribution is -0.224. The molecule has 0 amide bonds. The molecule has 0 radical (unpaired) electrons. The van der Waals surface area contributed by atoms with E-state index in [2.05, 4.69) is 16.9 Å². The van der Waals surface area contributed by atoms with Gasteiger partial charge in [-0.1, -0.05) is 70.4 Å². The molecule has 0 saturated carbocycles. The van der Waals surface area contributed by atoms with Crippen molar-refractivity contribution in [1.29, 1.82) is 0 Å². The second-order valence-electron chi connectivity index (χ2n) is 10.9. The molecule has 0 fully saturated rings. The van der Waals surface area contributed by atoms with Crippen LogP contribution in [0.1, 0.15) is 95.6 Å². The van der Waals surface area contributed by atoms with E-state index >= 15 is 0 Å². The van der Waals surface area contributed by atoms with E-state index in [-0.39, 0.29) is 12.2 Å².